The quantitative estimate of drug-likeness (QED) is 0.853. The summed E-state index contributed by atoms with van der Waals surface area (Å²) in [6.07, 6.45) is 2.63. The molecule has 1 aromatic heterocycles. The Hall–Kier alpha value is -2.67. The highest BCUT2D eigenvalue weighted by molar-refractivity contribution is 5.93. The number of carbonyl (C=O) groups excluding carboxylic acids is 2. The Balaban J connectivity index is 1.48. The Morgan fingerprint density at radius 2 is 2.00 bits per heavy atom. The van der Waals surface area contributed by atoms with Crippen LogP contribution in [0.2, 0.25) is 0 Å². The van der Waals surface area contributed by atoms with E-state index in [-0.39, 0.29) is 29.2 Å². The Morgan fingerprint density at radius 3 is 2.64 bits per heavy atom. The van der Waals surface area contributed by atoms with Crippen LogP contribution in [-0.2, 0) is 11.3 Å². The number of rotatable bonds is 5. The number of hydrogen-bond acceptors (Lipinski definition) is 5. The fourth-order valence-electron chi connectivity index (χ4n) is 4.44. The van der Waals surface area contributed by atoms with Gasteiger partial charge in [0, 0.05) is 44.2 Å². The first-order chi connectivity index (χ1) is 13.5. The fraction of sp³-hybridized carbons (Fsp3) is 0.476. The summed E-state index contributed by atoms with van der Waals surface area (Å²) in [4.78, 5) is 33.5. The van der Waals surface area contributed by atoms with E-state index in [9.17, 15) is 9.59 Å². The predicted octanol–water partition coefficient (Wildman–Crippen LogP) is 1.77. The van der Waals surface area contributed by atoms with Gasteiger partial charge in [-0.1, -0.05) is 30.3 Å². The van der Waals surface area contributed by atoms with Gasteiger partial charge in [-0.2, -0.15) is 0 Å². The van der Waals surface area contributed by atoms with Crippen LogP contribution in [0, 0.1) is 11.3 Å². The summed E-state index contributed by atoms with van der Waals surface area (Å²) in [7, 11) is 0. The van der Waals surface area contributed by atoms with Gasteiger partial charge in [0.15, 0.2) is 12.1 Å². The smallest absolute Gasteiger partial charge is 0.275 e. The van der Waals surface area contributed by atoms with Crippen LogP contribution in [0.15, 0.2) is 47.4 Å². The maximum absolute atomic E-state index is 12.9. The van der Waals surface area contributed by atoms with Crippen LogP contribution in [0.25, 0.3) is 0 Å². The number of amides is 2. The molecule has 28 heavy (non-hydrogen) atoms. The van der Waals surface area contributed by atoms with Gasteiger partial charge in [-0.05, 0) is 19.4 Å². The molecule has 0 aliphatic carbocycles. The van der Waals surface area contributed by atoms with Crippen molar-refractivity contribution in [2.45, 2.75) is 26.4 Å². The van der Waals surface area contributed by atoms with E-state index >= 15 is 0 Å². The lowest BCUT2D eigenvalue weighted by Crippen LogP contribution is -2.64. The molecule has 0 bridgehead atoms. The molecular weight excluding hydrogens is 356 g/mol. The van der Waals surface area contributed by atoms with Gasteiger partial charge >= 0.3 is 0 Å². The molecular formula is C21H26N4O3. The van der Waals surface area contributed by atoms with Crippen molar-refractivity contribution in [2.75, 3.05) is 26.2 Å². The summed E-state index contributed by atoms with van der Waals surface area (Å²) >= 11 is 0. The van der Waals surface area contributed by atoms with E-state index in [0.717, 1.165) is 13.1 Å². The third-order valence-electron chi connectivity index (χ3n) is 5.67. The standard InChI is InChI=1S/C21H26N4O3/c1-15(2)23-19(26)17-9-24(8-16-6-4-3-5-7-16)11-21(17)12-25(13-21)20(27)18-10-28-14-22-18/h3-7,10,14-15,17H,8-9,11-13H2,1-2H3,(H,23,26). The molecule has 2 aliphatic rings. The largest absolute Gasteiger partial charge is 0.451 e. The Morgan fingerprint density at radius 1 is 1.25 bits per heavy atom. The van der Waals surface area contributed by atoms with Crippen LogP contribution in [0.1, 0.15) is 29.9 Å². The molecule has 0 saturated carbocycles. The van der Waals surface area contributed by atoms with Crippen molar-refractivity contribution in [3.63, 3.8) is 0 Å². The summed E-state index contributed by atoms with van der Waals surface area (Å²) in [6, 6.07) is 10.4. The molecule has 2 amide bonds. The number of carbonyl (C=O) groups is 2. The predicted molar refractivity (Wildman–Crippen MR) is 103 cm³/mol. The zero-order valence-corrected chi connectivity index (χ0v) is 16.3. The van der Waals surface area contributed by atoms with Crippen molar-refractivity contribution in [1.82, 2.24) is 20.1 Å². The minimum atomic E-state index is -0.201. The van der Waals surface area contributed by atoms with E-state index in [4.69, 9.17) is 4.42 Å². The van der Waals surface area contributed by atoms with Crippen LogP contribution in [0.4, 0.5) is 0 Å². The van der Waals surface area contributed by atoms with Gasteiger partial charge < -0.3 is 14.6 Å². The third kappa shape index (κ3) is 3.54. The van der Waals surface area contributed by atoms with Crippen molar-refractivity contribution in [2.24, 2.45) is 11.3 Å². The van der Waals surface area contributed by atoms with Crippen molar-refractivity contribution in [3.8, 4) is 0 Å². The van der Waals surface area contributed by atoms with Crippen molar-refractivity contribution < 1.29 is 14.0 Å². The first-order valence-electron chi connectivity index (χ1n) is 9.71. The van der Waals surface area contributed by atoms with Crippen LogP contribution < -0.4 is 5.32 Å². The lowest BCUT2D eigenvalue weighted by Gasteiger charge is -2.50. The van der Waals surface area contributed by atoms with Crippen LogP contribution >= 0.6 is 0 Å². The van der Waals surface area contributed by atoms with Gasteiger partial charge in [-0.15, -0.1) is 0 Å². The normalized spacial score (nSPS) is 21.1. The lowest BCUT2D eigenvalue weighted by atomic mass is 9.71. The molecule has 4 rings (SSSR count). The molecule has 7 nitrogen and oxygen atoms in total. The number of likely N-dealkylation sites (tertiary alicyclic amines) is 2. The molecule has 2 aromatic rings. The summed E-state index contributed by atoms with van der Waals surface area (Å²) < 4.78 is 4.93. The fourth-order valence-corrected chi connectivity index (χ4v) is 4.44. The summed E-state index contributed by atoms with van der Waals surface area (Å²) in [5, 5.41) is 3.07. The number of aromatic nitrogens is 1. The molecule has 2 aliphatic heterocycles. The van der Waals surface area contributed by atoms with E-state index in [1.807, 2.05) is 32.0 Å². The molecule has 7 heteroatoms. The van der Waals surface area contributed by atoms with E-state index in [2.05, 4.69) is 27.3 Å². The molecule has 1 aromatic carbocycles. The van der Waals surface area contributed by atoms with E-state index < -0.39 is 0 Å². The average molecular weight is 382 g/mol. The van der Waals surface area contributed by atoms with E-state index in [1.165, 1.54) is 18.2 Å². The molecule has 1 unspecified atom stereocenters. The second kappa shape index (κ2) is 7.39. The van der Waals surface area contributed by atoms with Gasteiger partial charge in [0.25, 0.3) is 5.91 Å². The van der Waals surface area contributed by atoms with Crippen LogP contribution in [0.3, 0.4) is 0 Å². The molecule has 0 radical (unpaired) electrons. The highest BCUT2D eigenvalue weighted by atomic mass is 16.3. The molecule has 148 valence electrons. The van der Waals surface area contributed by atoms with Gasteiger partial charge in [0.1, 0.15) is 6.26 Å². The first-order valence-corrected chi connectivity index (χ1v) is 9.71. The van der Waals surface area contributed by atoms with E-state index in [1.54, 1.807) is 4.90 Å². The average Bonchev–Trinajstić information content (AvgIpc) is 3.28. The van der Waals surface area contributed by atoms with Gasteiger partial charge in [-0.3, -0.25) is 14.5 Å². The monoisotopic (exact) mass is 382 g/mol. The van der Waals surface area contributed by atoms with Crippen LogP contribution in [0.5, 0.6) is 0 Å². The lowest BCUT2D eigenvalue weighted by molar-refractivity contribution is -0.131. The Labute approximate surface area is 164 Å². The highest BCUT2D eigenvalue weighted by Gasteiger charge is 2.57. The minimum absolute atomic E-state index is 0.0825. The number of nitrogens with one attached hydrogen (secondary N) is 1. The number of nitrogens with zero attached hydrogens (tertiary/aromatic N) is 3. The van der Waals surface area contributed by atoms with Gasteiger partial charge in [-0.25, -0.2) is 4.98 Å². The molecule has 2 fully saturated rings. The highest BCUT2D eigenvalue weighted by Crippen LogP contribution is 2.45. The zero-order chi connectivity index (χ0) is 19.7. The molecule has 2 saturated heterocycles. The molecule has 1 atom stereocenters. The maximum Gasteiger partial charge on any atom is 0.275 e. The Bertz CT molecular complexity index is 829. The number of hydrogen-bond donors (Lipinski definition) is 1. The second-order valence-electron chi connectivity index (χ2n) is 8.27. The summed E-state index contributed by atoms with van der Waals surface area (Å²) in [5.74, 6) is -0.178. The van der Waals surface area contributed by atoms with Crippen molar-refractivity contribution >= 4 is 11.8 Å². The Kier molecular flexibility index (Phi) is 4.93. The maximum atomic E-state index is 12.9. The topological polar surface area (TPSA) is 78.7 Å². The zero-order valence-electron chi connectivity index (χ0n) is 16.3. The van der Waals surface area contributed by atoms with E-state index in [0.29, 0.717) is 25.3 Å². The van der Waals surface area contributed by atoms with Gasteiger partial charge in [0.05, 0.1) is 5.92 Å². The SMILES string of the molecule is CC(C)NC(=O)C1CN(Cc2ccccc2)CC12CN(C(=O)c1cocn1)C2. The molecule has 1 N–H and O–H groups in total. The molecule has 1 spiro atoms. The molecule has 3 heterocycles. The number of benzene rings is 1. The minimum Gasteiger partial charge on any atom is -0.451 e. The number of oxazole rings is 1. The van der Waals surface area contributed by atoms with Crippen molar-refractivity contribution in [3.05, 3.63) is 54.2 Å². The van der Waals surface area contributed by atoms with Crippen molar-refractivity contribution in [1.29, 1.82) is 0 Å². The first kappa shape index (κ1) is 18.7. The van der Waals surface area contributed by atoms with Crippen LogP contribution in [-0.4, -0.2) is 58.8 Å². The second-order valence-corrected chi connectivity index (χ2v) is 8.27. The third-order valence-corrected chi connectivity index (χ3v) is 5.67. The summed E-state index contributed by atoms with van der Waals surface area (Å²) in [5.41, 5.74) is 1.35. The summed E-state index contributed by atoms with van der Waals surface area (Å²) in [6.45, 7) is 7.41. The van der Waals surface area contributed by atoms with Gasteiger partial charge in [0.2, 0.25) is 5.91 Å².